The SMILES string of the molecule is C#Cc1cccc(NC(=O)C(=O)NCC(O)C(C)(C)C)c1. The molecule has 1 unspecified atom stereocenters. The van der Waals surface area contributed by atoms with Crippen LogP contribution in [0.3, 0.4) is 0 Å². The van der Waals surface area contributed by atoms with Crippen LogP contribution in [0.2, 0.25) is 0 Å². The van der Waals surface area contributed by atoms with E-state index in [-0.39, 0.29) is 12.0 Å². The molecular weight excluding hydrogens is 268 g/mol. The fraction of sp³-hybridized carbons (Fsp3) is 0.375. The van der Waals surface area contributed by atoms with Crippen molar-refractivity contribution < 1.29 is 14.7 Å². The van der Waals surface area contributed by atoms with Crippen molar-refractivity contribution in [1.82, 2.24) is 5.32 Å². The van der Waals surface area contributed by atoms with Crippen molar-refractivity contribution in [2.75, 3.05) is 11.9 Å². The highest BCUT2D eigenvalue weighted by Gasteiger charge is 2.23. The van der Waals surface area contributed by atoms with Gasteiger partial charge in [-0.2, -0.15) is 0 Å². The summed E-state index contributed by atoms with van der Waals surface area (Å²) >= 11 is 0. The van der Waals surface area contributed by atoms with Gasteiger partial charge in [-0.1, -0.05) is 32.8 Å². The molecular formula is C16H20N2O3. The Morgan fingerprint density at radius 3 is 2.57 bits per heavy atom. The molecule has 2 amide bonds. The van der Waals surface area contributed by atoms with Crippen molar-refractivity contribution >= 4 is 17.5 Å². The first-order valence-electron chi connectivity index (χ1n) is 6.58. The summed E-state index contributed by atoms with van der Waals surface area (Å²) in [7, 11) is 0. The molecule has 0 radical (unpaired) electrons. The molecule has 1 aromatic carbocycles. The number of carbonyl (C=O) groups is 2. The lowest BCUT2D eigenvalue weighted by molar-refractivity contribution is -0.136. The summed E-state index contributed by atoms with van der Waals surface area (Å²) in [5.74, 6) is 0.839. The summed E-state index contributed by atoms with van der Waals surface area (Å²) in [6.45, 7) is 5.54. The topological polar surface area (TPSA) is 78.4 Å². The average Bonchev–Trinajstić information content (AvgIpc) is 2.43. The monoisotopic (exact) mass is 288 g/mol. The van der Waals surface area contributed by atoms with E-state index in [1.54, 1.807) is 24.3 Å². The summed E-state index contributed by atoms with van der Waals surface area (Å²) in [5.41, 5.74) is 0.684. The van der Waals surface area contributed by atoms with E-state index >= 15 is 0 Å². The molecule has 0 saturated heterocycles. The average molecular weight is 288 g/mol. The van der Waals surface area contributed by atoms with Gasteiger partial charge in [0.05, 0.1) is 6.10 Å². The lowest BCUT2D eigenvalue weighted by atomic mass is 9.89. The zero-order valence-corrected chi connectivity index (χ0v) is 12.4. The summed E-state index contributed by atoms with van der Waals surface area (Å²) in [5, 5.41) is 14.7. The third-order valence-electron chi connectivity index (χ3n) is 2.95. The molecule has 1 rings (SSSR count). The Hall–Kier alpha value is -2.32. The Balaban J connectivity index is 2.56. The summed E-state index contributed by atoms with van der Waals surface area (Å²) in [4.78, 5) is 23.4. The predicted octanol–water partition coefficient (Wildman–Crippen LogP) is 1.13. The maximum Gasteiger partial charge on any atom is 0.313 e. The van der Waals surface area contributed by atoms with Crippen molar-refractivity contribution in [3.63, 3.8) is 0 Å². The van der Waals surface area contributed by atoms with Crippen LogP contribution in [-0.4, -0.2) is 29.6 Å². The fourth-order valence-electron chi connectivity index (χ4n) is 1.45. The lowest BCUT2D eigenvalue weighted by Crippen LogP contribution is -2.43. The Morgan fingerprint density at radius 1 is 1.33 bits per heavy atom. The van der Waals surface area contributed by atoms with Crippen molar-refractivity contribution in [3.05, 3.63) is 29.8 Å². The predicted molar refractivity (Wildman–Crippen MR) is 81.5 cm³/mol. The van der Waals surface area contributed by atoms with E-state index in [2.05, 4.69) is 16.6 Å². The van der Waals surface area contributed by atoms with Crippen LogP contribution in [0.4, 0.5) is 5.69 Å². The molecule has 0 heterocycles. The first-order chi connectivity index (χ1) is 9.74. The van der Waals surface area contributed by atoms with Gasteiger partial charge in [0.1, 0.15) is 0 Å². The molecule has 0 aliphatic heterocycles. The third kappa shape index (κ3) is 5.28. The highest BCUT2D eigenvalue weighted by molar-refractivity contribution is 6.39. The van der Waals surface area contributed by atoms with E-state index < -0.39 is 17.9 Å². The van der Waals surface area contributed by atoms with Crippen molar-refractivity contribution in [2.24, 2.45) is 5.41 Å². The second-order valence-corrected chi connectivity index (χ2v) is 5.77. The van der Waals surface area contributed by atoms with Crippen LogP contribution in [-0.2, 0) is 9.59 Å². The molecule has 5 nitrogen and oxygen atoms in total. The fourth-order valence-corrected chi connectivity index (χ4v) is 1.45. The number of terminal acetylenes is 1. The van der Waals surface area contributed by atoms with Gasteiger partial charge in [0.25, 0.3) is 0 Å². The van der Waals surface area contributed by atoms with Gasteiger partial charge >= 0.3 is 11.8 Å². The first-order valence-corrected chi connectivity index (χ1v) is 6.58. The van der Waals surface area contributed by atoms with Gasteiger partial charge in [-0.3, -0.25) is 9.59 Å². The number of anilines is 1. The molecule has 0 aromatic heterocycles. The minimum Gasteiger partial charge on any atom is -0.391 e. The lowest BCUT2D eigenvalue weighted by Gasteiger charge is -2.25. The highest BCUT2D eigenvalue weighted by Crippen LogP contribution is 2.18. The van der Waals surface area contributed by atoms with Gasteiger partial charge in [-0.15, -0.1) is 6.42 Å². The number of amides is 2. The number of hydrogen-bond donors (Lipinski definition) is 3. The molecule has 5 heteroatoms. The van der Waals surface area contributed by atoms with Crippen molar-refractivity contribution in [1.29, 1.82) is 0 Å². The van der Waals surface area contributed by atoms with Crippen LogP contribution >= 0.6 is 0 Å². The normalized spacial score (nSPS) is 12.1. The van der Waals surface area contributed by atoms with Gasteiger partial charge in [0.15, 0.2) is 0 Å². The number of aliphatic hydroxyl groups excluding tert-OH is 1. The number of rotatable bonds is 3. The van der Waals surface area contributed by atoms with Crippen LogP contribution in [0.1, 0.15) is 26.3 Å². The Bertz CT molecular complexity index is 568. The quantitative estimate of drug-likeness (QED) is 0.576. The van der Waals surface area contributed by atoms with Gasteiger partial charge < -0.3 is 15.7 Å². The minimum atomic E-state index is -0.801. The summed E-state index contributed by atoms with van der Waals surface area (Å²) in [6, 6.07) is 6.63. The van der Waals surface area contributed by atoms with E-state index in [1.165, 1.54) is 0 Å². The molecule has 0 aliphatic carbocycles. The standard InChI is InChI=1S/C16H20N2O3/c1-5-11-7-6-8-12(9-11)18-15(21)14(20)17-10-13(19)16(2,3)4/h1,6-9,13,19H,10H2,2-4H3,(H,17,20)(H,18,21). The number of nitrogens with one attached hydrogen (secondary N) is 2. The molecule has 1 aromatic rings. The molecule has 112 valence electrons. The summed E-state index contributed by atoms with van der Waals surface area (Å²) in [6.07, 6.45) is 4.52. The second-order valence-electron chi connectivity index (χ2n) is 5.77. The molecule has 0 aliphatic rings. The molecule has 0 saturated carbocycles. The summed E-state index contributed by atoms with van der Waals surface area (Å²) < 4.78 is 0. The van der Waals surface area contributed by atoms with Gasteiger partial charge in [0.2, 0.25) is 0 Å². The van der Waals surface area contributed by atoms with E-state index in [0.29, 0.717) is 11.3 Å². The van der Waals surface area contributed by atoms with Crippen LogP contribution in [0.15, 0.2) is 24.3 Å². The Kier molecular flexibility index (Phi) is 5.51. The van der Waals surface area contributed by atoms with E-state index in [4.69, 9.17) is 6.42 Å². The van der Waals surface area contributed by atoms with Gasteiger partial charge in [-0.05, 0) is 23.6 Å². The minimum absolute atomic E-state index is 0.0140. The zero-order valence-electron chi connectivity index (χ0n) is 12.4. The van der Waals surface area contributed by atoms with Crippen LogP contribution < -0.4 is 10.6 Å². The van der Waals surface area contributed by atoms with E-state index in [9.17, 15) is 14.7 Å². The second kappa shape index (κ2) is 6.91. The van der Waals surface area contributed by atoms with Crippen molar-refractivity contribution in [2.45, 2.75) is 26.9 Å². The molecule has 21 heavy (non-hydrogen) atoms. The largest absolute Gasteiger partial charge is 0.391 e. The number of hydrogen-bond acceptors (Lipinski definition) is 3. The maximum absolute atomic E-state index is 11.7. The van der Waals surface area contributed by atoms with Crippen LogP contribution in [0.5, 0.6) is 0 Å². The zero-order chi connectivity index (χ0) is 16.0. The molecule has 0 fully saturated rings. The highest BCUT2D eigenvalue weighted by atomic mass is 16.3. The third-order valence-corrected chi connectivity index (χ3v) is 2.95. The van der Waals surface area contributed by atoms with Gasteiger partial charge in [0, 0.05) is 17.8 Å². The van der Waals surface area contributed by atoms with Crippen LogP contribution in [0.25, 0.3) is 0 Å². The van der Waals surface area contributed by atoms with E-state index in [0.717, 1.165) is 0 Å². The molecule has 1 atom stereocenters. The number of carbonyl (C=O) groups excluding carboxylic acids is 2. The maximum atomic E-state index is 11.7. The Labute approximate surface area is 124 Å². The smallest absolute Gasteiger partial charge is 0.313 e. The molecule has 0 bridgehead atoms. The van der Waals surface area contributed by atoms with Crippen LogP contribution in [0, 0.1) is 17.8 Å². The number of benzene rings is 1. The van der Waals surface area contributed by atoms with E-state index in [1.807, 2.05) is 20.8 Å². The first kappa shape index (κ1) is 16.7. The molecule has 0 spiro atoms. The van der Waals surface area contributed by atoms with Crippen molar-refractivity contribution in [3.8, 4) is 12.3 Å². The van der Waals surface area contributed by atoms with Gasteiger partial charge in [-0.25, -0.2) is 0 Å². The number of aliphatic hydroxyl groups is 1. The molecule has 3 N–H and O–H groups in total. The Morgan fingerprint density at radius 2 is 2.00 bits per heavy atom.